The summed E-state index contributed by atoms with van der Waals surface area (Å²) in [7, 11) is 0. The lowest BCUT2D eigenvalue weighted by Crippen LogP contribution is -2.33. The highest BCUT2D eigenvalue weighted by Gasteiger charge is 2.28. The third-order valence-corrected chi connectivity index (χ3v) is 2.67. The molecule has 0 radical (unpaired) electrons. The van der Waals surface area contributed by atoms with E-state index >= 15 is 0 Å². The first-order chi connectivity index (χ1) is 6.29. The Balaban J connectivity index is 3.01. The van der Waals surface area contributed by atoms with Gasteiger partial charge in [-0.15, -0.1) is 0 Å². The third-order valence-electron chi connectivity index (χ3n) is 2.67. The Morgan fingerprint density at radius 1 is 1.08 bits per heavy atom. The first-order valence-electron chi connectivity index (χ1n) is 4.56. The molecule has 2 nitrogen and oxygen atoms in total. The van der Waals surface area contributed by atoms with Crippen LogP contribution in [0.3, 0.4) is 0 Å². The van der Waals surface area contributed by atoms with E-state index in [4.69, 9.17) is 0 Å². The number of rotatable bonds is 4. The first-order valence-corrected chi connectivity index (χ1v) is 4.56. The maximum atomic E-state index is 9.27. The van der Waals surface area contributed by atoms with Crippen molar-refractivity contribution in [3.05, 3.63) is 35.9 Å². The normalized spacial score (nSPS) is 11.6. The van der Waals surface area contributed by atoms with Crippen LogP contribution in [0.2, 0.25) is 0 Å². The van der Waals surface area contributed by atoms with Crippen LogP contribution in [0.1, 0.15) is 18.9 Å². The lowest BCUT2D eigenvalue weighted by atomic mass is 9.80. The molecular formula is C11H16O2. The van der Waals surface area contributed by atoms with Crippen molar-refractivity contribution in [1.29, 1.82) is 0 Å². The second-order valence-electron chi connectivity index (χ2n) is 3.32. The summed E-state index contributed by atoms with van der Waals surface area (Å²) in [4.78, 5) is 0. The van der Waals surface area contributed by atoms with Crippen LogP contribution in [-0.4, -0.2) is 23.4 Å². The Hall–Kier alpha value is -0.860. The highest BCUT2D eigenvalue weighted by Crippen LogP contribution is 2.26. The first kappa shape index (κ1) is 10.2. The zero-order valence-corrected chi connectivity index (χ0v) is 7.90. The van der Waals surface area contributed by atoms with Crippen molar-refractivity contribution < 1.29 is 10.2 Å². The minimum atomic E-state index is -0.471. The van der Waals surface area contributed by atoms with Gasteiger partial charge in [0.2, 0.25) is 0 Å². The van der Waals surface area contributed by atoms with Gasteiger partial charge < -0.3 is 10.2 Å². The van der Waals surface area contributed by atoms with Crippen molar-refractivity contribution in [3.8, 4) is 0 Å². The molecule has 0 heterocycles. The molecule has 0 aromatic heterocycles. The molecule has 0 amide bonds. The number of aliphatic hydroxyl groups is 2. The molecular weight excluding hydrogens is 164 g/mol. The number of aliphatic hydroxyl groups excluding tert-OH is 2. The van der Waals surface area contributed by atoms with E-state index in [9.17, 15) is 10.2 Å². The molecule has 1 aromatic carbocycles. The van der Waals surface area contributed by atoms with Crippen LogP contribution >= 0.6 is 0 Å². The number of hydrogen-bond donors (Lipinski definition) is 2. The maximum absolute atomic E-state index is 9.27. The topological polar surface area (TPSA) is 40.5 Å². The van der Waals surface area contributed by atoms with Gasteiger partial charge in [0, 0.05) is 5.41 Å². The third kappa shape index (κ3) is 1.90. The molecule has 0 unspecified atom stereocenters. The van der Waals surface area contributed by atoms with Crippen molar-refractivity contribution in [2.45, 2.75) is 18.8 Å². The van der Waals surface area contributed by atoms with Crippen molar-refractivity contribution in [2.75, 3.05) is 13.2 Å². The van der Waals surface area contributed by atoms with Crippen LogP contribution in [0.15, 0.2) is 30.3 Å². The molecule has 0 aliphatic carbocycles. The Morgan fingerprint density at radius 2 is 1.62 bits per heavy atom. The van der Waals surface area contributed by atoms with Crippen LogP contribution in [-0.2, 0) is 5.41 Å². The predicted molar refractivity (Wildman–Crippen MR) is 52.6 cm³/mol. The molecule has 0 fully saturated rings. The lowest BCUT2D eigenvalue weighted by molar-refractivity contribution is 0.113. The molecule has 0 atom stereocenters. The van der Waals surface area contributed by atoms with E-state index in [2.05, 4.69) is 0 Å². The SMILES string of the molecule is CCC(CO)(CO)c1ccccc1. The molecule has 0 aliphatic rings. The highest BCUT2D eigenvalue weighted by molar-refractivity contribution is 5.25. The monoisotopic (exact) mass is 180 g/mol. The number of benzene rings is 1. The average molecular weight is 180 g/mol. The average Bonchev–Trinajstić information content (AvgIpc) is 2.23. The van der Waals surface area contributed by atoms with Crippen molar-refractivity contribution in [2.24, 2.45) is 0 Å². The molecule has 0 spiro atoms. The zero-order valence-electron chi connectivity index (χ0n) is 7.90. The minimum Gasteiger partial charge on any atom is -0.395 e. The molecule has 2 heteroatoms. The van der Waals surface area contributed by atoms with Crippen LogP contribution in [0, 0.1) is 0 Å². The summed E-state index contributed by atoms with van der Waals surface area (Å²) in [5, 5.41) is 18.5. The summed E-state index contributed by atoms with van der Waals surface area (Å²) in [6, 6.07) is 9.65. The van der Waals surface area contributed by atoms with E-state index < -0.39 is 5.41 Å². The van der Waals surface area contributed by atoms with Gasteiger partial charge in [0.05, 0.1) is 13.2 Å². The summed E-state index contributed by atoms with van der Waals surface area (Å²) < 4.78 is 0. The smallest absolute Gasteiger partial charge is 0.0550 e. The number of hydrogen-bond acceptors (Lipinski definition) is 2. The summed E-state index contributed by atoms with van der Waals surface area (Å²) >= 11 is 0. The molecule has 0 aliphatic heterocycles. The maximum Gasteiger partial charge on any atom is 0.0550 e. The molecule has 0 saturated carbocycles. The summed E-state index contributed by atoms with van der Waals surface area (Å²) in [5.74, 6) is 0. The van der Waals surface area contributed by atoms with E-state index in [0.717, 1.165) is 12.0 Å². The highest BCUT2D eigenvalue weighted by atomic mass is 16.3. The van der Waals surface area contributed by atoms with Gasteiger partial charge >= 0.3 is 0 Å². The zero-order chi connectivity index (χ0) is 9.73. The Morgan fingerprint density at radius 3 is 2.00 bits per heavy atom. The molecule has 72 valence electrons. The summed E-state index contributed by atoms with van der Waals surface area (Å²) in [6.07, 6.45) is 0.740. The molecule has 13 heavy (non-hydrogen) atoms. The standard InChI is InChI=1S/C11H16O2/c1-2-11(8-12,9-13)10-6-4-3-5-7-10/h3-7,12-13H,2,8-9H2,1H3. The Bertz CT molecular complexity index is 231. The Kier molecular flexibility index (Phi) is 3.46. The molecule has 2 N–H and O–H groups in total. The van der Waals surface area contributed by atoms with Crippen molar-refractivity contribution in [1.82, 2.24) is 0 Å². The van der Waals surface area contributed by atoms with Crippen molar-refractivity contribution >= 4 is 0 Å². The fourth-order valence-electron chi connectivity index (χ4n) is 1.45. The van der Waals surface area contributed by atoms with Gasteiger partial charge in [0.1, 0.15) is 0 Å². The fraction of sp³-hybridized carbons (Fsp3) is 0.455. The Labute approximate surface area is 78.8 Å². The van der Waals surface area contributed by atoms with Gasteiger partial charge in [-0.2, -0.15) is 0 Å². The molecule has 1 aromatic rings. The molecule has 1 rings (SSSR count). The van der Waals surface area contributed by atoms with Crippen LogP contribution in [0.4, 0.5) is 0 Å². The predicted octanol–water partition coefficient (Wildman–Crippen LogP) is 1.32. The van der Waals surface area contributed by atoms with Gasteiger partial charge in [-0.05, 0) is 12.0 Å². The lowest BCUT2D eigenvalue weighted by Gasteiger charge is -2.28. The van der Waals surface area contributed by atoms with Gasteiger partial charge in [-0.25, -0.2) is 0 Å². The summed E-state index contributed by atoms with van der Waals surface area (Å²) in [6.45, 7) is 1.95. The van der Waals surface area contributed by atoms with Crippen LogP contribution < -0.4 is 0 Å². The van der Waals surface area contributed by atoms with Gasteiger partial charge in [0.25, 0.3) is 0 Å². The quantitative estimate of drug-likeness (QED) is 0.733. The van der Waals surface area contributed by atoms with E-state index in [1.54, 1.807) is 0 Å². The van der Waals surface area contributed by atoms with Crippen LogP contribution in [0.5, 0.6) is 0 Å². The van der Waals surface area contributed by atoms with Gasteiger partial charge in [0.15, 0.2) is 0 Å². The fourth-order valence-corrected chi connectivity index (χ4v) is 1.45. The second-order valence-corrected chi connectivity index (χ2v) is 3.32. The summed E-state index contributed by atoms with van der Waals surface area (Å²) in [5.41, 5.74) is 0.531. The van der Waals surface area contributed by atoms with Gasteiger partial charge in [-0.1, -0.05) is 37.3 Å². The van der Waals surface area contributed by atoms with Gasteiger partial charge in [-0.3, -0.25) is 0 Å². The second kappa shape index (κ2) is 4.40. The molecule has 0 saturated heterocycles. The van der Waals surface area contributed by atoms with E-state index in [-0.39, 0.29) is 13.2 Å². The van der Waals surface area contributed by atoms with E-state index in [1.807, 2.05) is 37.3 Å². The van der Waals surface area contributed by atoms with Crippen LogP contribution in [0.25, 0.3) is 0 Å². The minimum absolute atomic E-state index is 0.00991. The van der Waals surface area contributed by atoms with E-state index in [1.165, 1.54) is 0 Å². The largest absolute Gasteiger partial charge is 0.395 e. The molecule has 0 bridgehead atoms. The van der Waals surface area contributed by atoms with Crippen molar-refractivity contribution in [3.63, 3.8) is 0 Å². The van der Waals surface area contributed by atoms with E-state index in [0.29, 0.717) is 0 Å².